The SMILES string of the molecule is O=C(Cc1ncco1)NC1CCNC1. The van der Waals surface area contributed by atoms with Crippen molar-refractivity contribution in [2.45, 2.75) is 18.9 Å². The minimum atomic E-state index is -0.0267. The molecule has 0 saturated carbocycles. The second-order valence-corrected chi connectivity index (χ2v) is 3.36. The summed E-state index contributed by atoms with van der Waals surface area (Å²) in [7, 11) is 0. The van der Waals surface area contributed by atoms with Gasteiger partial charge in [-0.1, -0.05) is 0 Å². The summed E-state index contributed by atoms with van der Waals surface area (Å²) < 4.78 is 4.98. The molecule has 1 aliphatic rings. The number of nitrogens with zero attached hydrogens (tertiary/aromatic N) is 1. The lowest BCUT2D eigenvalue weighted by molar-refractivity contribution is -0.121. The van der Waals surface area contributed by atoms with Gasteiger partial charge < -0.3 is 15.1 Å². The fourth-order valence-corrected chi connectivity index (χ4v) is 1.53. The molecule has 0 radical (unpaired) electrons. The quantitative estimate of drug-likeness (QED) is 0.694. The van der Waals surface area contributed by atoms with E-state index in [9.17, 15) is 4.79 Å². The maximum absolute atomic E-state index is 11.4. The molecule has 2 heterocycles. The molecule has 76 valence electrons. The van der Waals surface area contributed by atoms with Crippen LogP contribution in [0.4, 0.5) is 0 Å². The number of nitrogens with one attached hydrogen (secondary N) is 2. The van der Waals surface area contributed by atoms with Crippen molar-refractivity contribution < 1.29 is 9.21 Å². The molecule has 5 nitrogen and oxygen atoms in total. The number of aromatic nitrogens is 1. The van der Waals surface area contributed by atoms with Crippen molar-refractivity contribution in [3.8, 4) is 0 Å². The van der Waals surface area contributed by atoms with Crippen molar-refractivity contribution in [2.24, 2.45) is 0 Å². The lowest BCUT2D eigenvalue weighted by Crippen LogP contribution is -2.37. The monoisotopic (exact) mass is 195 g/mol. The Bertz CT molecular complexity index is 291. The summed E-state index contributed by atoms with van der Waals surface area (Å²) in [5.41, 5.74) is 0. The Morgan fingerprint density at radius 3 is 3.36 bits per heavy atom. The fourth-order valence-electron chi connectivity index (χ4n) is 1.53. The third kappa shape index (κ3) is 2.32. The first-order chi connectivity index (χ1) is 6.84. The molecule has 2 N–H and O–H groups in total. The van der Waals surface area contributed by atoms with Crippen molar-refractivity contribution >= 4 is 5.91 Å². The van der Waals surface area contributed by atoms with Crippen LogP contribution in [-0.4, -0.2) is 30.0 Å². The van der Waals surface area contributed by atoms with Crippen molar-refractivity contribution in [1.82, 2.24) is 15.6 Å². The molecule has 1 fully saturated rings. The third-order valence-electron chi connectivity index (χ3n) is 2.22. The molecule has 1 atom stereocenters. The summed E-state index contributed by atoms with van der Waals surface area (Å²) in [5, 5.41) is 6.10. The molecule has 1 aliphatic heterocycles. The average molecular weight is 195 g/mol. The number of hydrogen-bond donors (Lipinski definition) is 2. The van der Waals surface area contributed by atoms with E-state index in [1.54, 1.807) is 6.20 Å². The minimum absolute atomic E-state index is 0.0267. The number of carbonyl (C=O) groups excluding carboxylic acids is 1. The van der Waals surface area contributed by atoms with Gasteiger partial charge in [-0.3, -0.25) is 4.79 Å². The number of hydrogen-bond acceptors (Lipinski definition) is 4. The zero-order valence-electron chi connectivity index (χ0n) is 7.82. The van der Waals surface area contributed by atoms with Crippen LogP contribution in [0, 0.1) is 0 Å². The Labute approximate surface area is 81.9 Å². The maximum Gasteiger partial charge on any atom is 0.229 e. The molecule has 2 rings (SSSR count). The van der Waals surface area contributed by atoms with Gasteiger partial charge in [-0.15, -0.1) is 0 Å². The van der Waals surface area contributed by atoms with E-state index in [1.807, 2.05) is 0 Å². The third-order valence-corrected chi connectivity index (χ3v) is 2.22. The lowest BCUT2D eigenvalue weighted by atomic mass is 10.2. The van der Waals surface area contributed by atoms with Crippen LogP contribution in [0.3, 0.4) is 0 Å². The second kappa shape index (κ2) is 4.23. The lowest BCUT2D eigenvalue weighted by Gasteiger charge is -2.09. The molecule has 1 aromatic rings. The highest BCUT2D eigenvalue weighted by molar-refractivity contribution is 5.77. The van der Waals surface area contributed by atoms with Gasteiger partial charge in [-0.2, -0.15) is 0 Å². The Balaban J connectivity index is 1.78. The van der Waals surface area contributed by atoms with E-state index in [0.29, 0.717) is 5.89 Å². The Hall–Kier alpha value is -1.36. The Morgan fingerprint density at radius 2 is 2.71 bits per heavy atom. The van der Waals surface area contributed by atoms with E-state index in [2.05, 4.69) is 15.6 Å². The molecule has 14 heavy (non-hydrogen) atoms. The van der Waals surface area contributed by atoms with Crippen LogP contribution in [0.1, 0.15) is 12.3 Å². The highest BCUT2D eigenvalue weighted by atomic mass is 16.3. The van der Waals surface area contributed by atoms with E-state index in [0.717, 1.165) is 19.5 Å². The van der Waals surface area contributed by atoms with Crippen LogP contribution in [-0.2, 0) is 11.2 Å². The van der Waals surface area contributed by atoms with E-state index >= 15 is 0 Å². The molecular formula is C9H13N3O2. The zero-order valence-corrected chi connectivity index (χ0v) is 7.82. The number of amides is 1. The van der Waals surface area contributed by atoms with Gasteiger partial charge in [0.15, 0.2) is 0 Å². The Morgan fingerprint density at radius 1 is 1.79 bits per heavy atom. The van der Waals surface area contributed by atoms with Gasteiger partial charge >= 0.3 is 0 Å². The minimum Gasteiger partial charge on any atom is -0.448 e. The van der Waals surface area contributed by atoms with Crippen molar-refractivity contribution in [2.75, 3.05) is 13.1 Å². The molecule has 5 heteroatoms. The molecule has 0 bridgehead atoms. The van der Waals surface area contributed by atoms with Gasteiger partial charge in [0.25, 0.3) is 0 Å². The predicted octanol–water partition coefficient (Wildman–Crippen LogP) is -0.305. The van der Waals surface area contributed by atoms with E-state index in [-0.39, 0.29) is 18.4 Å². The first kappa shape index (κ1) is 9.21. The summed E-state index contributed by atoms with van der Waals surface area (Å²) in [6, 6.07) is 0.262. The van der Waals surface area contributed by atoms with Crippen LogP contribution in [0.25, 0.3) is 0 Å². The summed E-state index contributed by atoms with van der Waals surface area (Å²) in [4.78, 5) is 15.3. The van der Waals surface area contributed by atoms with Gasteiger partial charge in [0.1, 0.15) is 12.7 Å². The number of carbonyl (C=O) groups is 1. The number of oxazole rings is 1. The zero-order chi connectivity index (χ0) is 9.80. The largest absolute Gasteiger partial charge is 0.448 e. The normalized spacial score (nSPS) is 21.0. The van der Waals surface area contributed by atoms with Crippen molar-refractivity contribution in [1.29, 1.82) is 0 Å². The molecular weight excluding hydrogens is 182 g/mol. The van der Waals surface area contributed by atoms with Crippen molar-refractivity contribution in [3.63, 3.8) is 0 Å². The van der Waals surface area contributed by atoms with Crippen LogP contribution >= 0.6 is 0 Å². The first-order valence-electron chi connectivity index (χ1n) is 4.73. The van der Waals surface area contributed by atoms with Gasteiger partial charge in [-0.05, 0) is 13.0 Å². The van der Waals surface area contributed by atoms with Gasteiger partial charge in [0.2, 0.25) is 11.8 Å². The van der Waals surface area contributed by atoms with Crippen LogP contribution in [0.2, 0.25) is 0 Å². The van der Waals surface area contributed by atoms with Gasteiger partial charge in [-0.25, -0.2) is 4.98 Å². The molecule has 0 spiro atoms. The highest BCUT2D eigenvalue weighted by Crippen LogP contribution is 1.99. The molecule has 0 aromatic carbocycles. The van der Waals surface area contributed by atoms with Gasteiger partial charge in [0.05, 0.1) is 6.20 Å². The van der Waals surface area contributed by atoms with E-state index in [1.165, 1.54) is 6.26 Å². The topological polar surface area (TPSA) is 67.2 Å². The fraction of sp³-hybridized carbons (Fsp3) is 0.556. The maximum atomic E-state index is 11.4. The summed E-state index contributed by atoms with van der Waals surface area (Å²) in [5.74, 6) is 0.439. The average Bonchev–Trinajstić information content (AvgIpc) is 2.76. The van der Waals surface area contributed by atoms with E-state index in [4.69, 9.17) is 4.42 Å². The molecule has 1 aromatic heterocycles. The molecule has 1 unspecified atom stereocenters. The molecule has 0 aliphatic carbocycles. The standard InChI is InChI=1S/C9H13N3O2/c13-8(5-9-11-3-4-14-9)12-7-1-2-10-6-7/h3-4,7,10H,1-2,5-6H2,(H,12,13). The predicted molar refractivity (Wildman–Crippen MR) is 49.6 cm³/mol. The second-order valence-electron chi connectivity index (χ2n) is 3.36. The molecule has 1 saturated heterocycles. The van der Waals surface area contributed by atoms with Crippen LogP contribution in [0.15, 0.2) is 16.9 Å². The summed E-state index contributed by atoms with van der Waals surface area (Å²) >= 11 is 0. The van der Waals surface area contributed by atoms with Gasteiger partial charge in [0, 0.05) is 12.6 Å². The van der Waals surface area contributed by atoms with Crippen LogP contribution < -0.4 is 10.6 Å². The van der Waals surface area contributed by atoms with E-state index < -0.39 is 0 Å². The first-order valence-corrected chi connectivity index (χ1v) is 4.73. The van der Waals surface area contributed by atoms with Crippen LogP contribution in [0.5, 0.6) is 0 Å². The van der Waals surface area contributed by atoms with Crippen molar-refractivity contribution in [3.05, 3.63) is 18.4 Å². The summed E-state index contributed by atoms with van der Waals surface area (Å²) in [6.07, 6.45) is 4.24. The smallest absolute Gasteiger partial charge is 0.229 e. The summed E-state index contributed by atoms with van der Waals surface area (Å²) in [6.45, 7) is 1.83. The number of rotatable bonds is 3. The highest BCUT2D eigenvalue weighted by Gasteiger charge is 2.17. The Kier molecular flexibility index (Phi) is 2.78. The molecule has 1 amide bonds.